The van der Waals surface area contributed by atoms with Gasteiger partial charge in [-0.2, -0.15) is 0 Å². The molecule has 0 saturated heterocycles. The molecule has 35 heavy (non-hydrogen) atoms. The summed E-state index contributed by atoms with van der Waals surface area (Å²) in [7, 11) is 0. The van der Waals surface area contributed by atoms with Crippen LogP contribution < -0.4 is 21.8 Å². The van der Waals surface area contributed by atoms with Crippen molar-refractivity contribution in [2.75, 3.05) is 0 Å². The third kappa shape index (κ3) is 3.97. The monoisotopic (exact) mass is 460 g/mol. The Hall–Kier alpha value is -4.64. The molecule has 0 aliphatic carbocycles. The number of benzene rings is 3. The van der Waals surface area contributed by atoms with E-state index in [-0.39, 0.29) is 10.7 Å². The second kappa shape index (κ2) is 8.95. The third-order valence-corrected chi connectivity index (χ3v) is 6.05. The van der Waals surface area contributed by atoms with Crippen LogP contribution in [0.3, 0.4) is 0 Å². The largest absolute Gasteiger partial charge is 0.457 e. The van der Waals surface area contributed by atoms with E-state index in [0.717, 1.165) is 16.7 Å². The van der Waals surface area contributed by atoms with E-state index in [0.29, 0.717) is 22.9 Å². The first-order chi connectivity index (χ1) is 17.0. The van der Waals surface area contributed by atoms with Crippen LogP contribution in [-0.2, 0) is 0 Å². The van der Waals surface area contributed by atoms with Gasteiger partial charge < -0.3 is 4.42 Å². The summed E-state index contributed by atoms with van der Waals surface area (Å²) in [5.74, 6) is 1.11. The molecule has 172 valence electrons. The Bertz CT molecular complexity index is 1660. The fourth-order valence-corrected chi connectivity index (χ4v) is 4.39. The highest BCUT2D eigenvalue weighted by Crippen LogP contribution is 2.28. The Morgan fingerprint density at radius 2 is 1.20 bits per heavy atom. The molecule has 0 radical (unpaired) electrons. The Kier molecular flexibility index (Phi) is 5.67. The average molecular weight is 461 g/mol. The van der Waals surface area contributed by atoms with Crippen molar-refractivity contribution < 1.29 is 4.42 Å². The molecule has 5 nitrogen and oxygen atoms in total. The van der Waals surface area contributed by atoms with Crippen molar-refractivity contribution in [1.82, 2.24) is 9.13 Å². The summed E-state index contributed by atoms with van der Waals surface area (Å²) in [6.45, 7) is 8.15. The molecular formula is C30H24N2O3. The lowest BCUT2D eigenvalue weighted by molar-refractivity contribution is 0.570. The van der Waals surface area contributed by atoms with Crippen LogP contribution in [0.2, 0.25) is 0 Å². The van der Waals surface area contributed by atoms with Gasteiger partial charge in [0, 0.05) is 5.56 Å². The minimum atomic E-state index is -0.455. The first kappa shape index (κ1) is 22.2. The predicted octanol–water partition coefficient (Wildman–Crippen LogP) is 4.10. The first-order valence-corrected chi connectivity index (χ1v) is 11.3. The van der Waals surface area contributed by atoms with Gasteiger partial charge in [-0.25, -0.2) is 0 Å². The molecule has 0 aliphatic heterocycles. The van der Waals surface area contributed by atoms with E-state index < -0.39 is 11.1 Å². The van der Waals surface area contributed by atoms with Gasteiger partial charge in [-0.3, -0.25) is 18.7 Å². The molecule has 3 aromatic carbocycles. The van der Waals surface area contributed by atoms with E-state index in [9.17, 15) is 9.59 Å². The molecule has 5 heteroatoms. The van der Waals surface area contributed by atoms with Gasteiger partial charge in [0.05, 0.1) is 11.4 Å². The standard InChI is InChI=1S/C30H24N2O3/c1-20-11-10-12-21(2)28(20)27-18-17-25(35-27)19-26-29(33)31(23-13-6-4-7-14-23)22(3)32(30(26)34)24-15-8-5-9-16-24/h4-19H,3H2,1-2H3. The molecule has 5 rings (SSSR count). The number of hydrogen-bond donors (Lipinski definition) is 0. The molecule has 2 aromatic heterocycles. The van der Waals surface area contributed by atoms with Gasteiger partial charge in [-0.15, -0.1) is 0 Å². The van der Waals surface area contributed by atoms with Crippen LogP contribution in [0.1, 0.15) is 16.9 Å². The van der Waals surface area contributed by atoms with Crippen molar-refractivity contribution in [2.24, 2.45) is 0 Å². The Morgan fingerprint density at radius 1 is 0.686 bits per heavy atom. The van der Waals surface area contributed by atoms with E-state index in [2.05, 4.69) is 6.58 Å². The molecule has 0 bridgehead atoms. The lowest BCUT2D eigenvalue weighted by Crippen LogP contribution is -2.56. The van der Waals surface area contributed by atoms with Crippen molar-refractivity contribution in [3.8, 4) is 22.7 Å². The number of aryl methyl sites for hydroxylation is 2. The zero-order chi connectivity index (χ0) is 24.5. The quantitative estimate of drug-likeness (QED) is 0.406. The second-order valence-corrected chi connectivity index (χ2v) is 8.40. The van der Waals surface area contributed by atoms with Crippen molar-refractivity contribution in [3.63, 3.8) is 0 Å². The molecule has 0 atom stereocenters. The zero-order valence-corrected chi connectivity index (χ0v) is 19.6. The molecule has 0 fully saturated rings. The van der Waals surface area contributed by atoms with Crippen LogP contribution in [0.5, 0.6) is 0 Å². The summed E-state index contributed by atoms with van der Waals surface area (Å²) >= 11 is 0. The van der Waals surface area contributed by atoms with Crippen LogP contribution in [0.15, 0.2) is 105 Å². The maximum absolute atomic E-state index is 13.6. The van der Waals surface area contributed by atoms with Crippen LogP contribution in [0.25, 0.3) is 35.4 Å². The number of nitrogens with zero attached hydrogens (tertiary/aromatic N) is 2. The summed E-state index contributed by atoms with van der Waals surface area (Å²) in [6.07, 6.45) is 1.51. The van der Waals surface area contributed by atoms with E-state index >= 15 is 0 Å². The SMILES string of the molecule is C=c1n(-c2ccccc2)c(=O)c(=Cc2ccc(-c3c(C)cccc3C)o2)c(=O)n1-c1ccccc1. The zero-order valence-electron chi connectivity index (χ0n) is 19.6. The summed E-state index contributed by atoms with van der Waals surface area (Å²) < 4.78 is 9.01. The van der Waals surface area contributed by atoms with Crippen LogP contribution in [0, 0.1) is 13.8 Å². The predicted molar refractivity (Wildman–Crippen MR) is 140 cm³/mol. The number of para-hydroxylation sites is 2. The molecule has 0 aliphatic rings. The minimum Gasteiger partial charge on any atom is -0.457 e. The van der Waals surface area contributed by atoms with Crippen LogP contribution in [0.4, 0.5) is 0 Å². The normalized spacial score (nSPS) is 10.9. The van der Waals surface area contributed by atoms with Gasteiger partial charge >= 0.3 is 0 Å². The first-order valence-electron chi connectivity index (χ1n) is 11.3. The van der Waals surface area contributed by atoms with Gasteiger partial charge in [-0.1, -0.05) is 61.2 Å². The molecule has 0 saturated carbocycles. The Balaban J connectivity index is 1.79. The summed E-state index contributed by atoms with van der Waals surface area (Å²) in [5, 5.41) is -0.00693. The fraction of sp³-hybridized carbons (Fsp3) is 0.0667. The topological polar surface area (TPSA) is 57.1 Å². The lowest BCUT2D eigenvalue weighted by atomic mass is 10.0. The minimum absolute atomic E-state index is 0.00693. The van der Waals surface area contributed by atoms with Gasteiger partial charge in [-0.05, 0) is 67.4 Å². The van der Waals surface area contributed by atoms with Crippen LogP contribution >= 0.6 is 0 Å². The molecule has 0 amide bonds. The highest BCUT2D eigenvalue weighted by Gasteiger charge is 2.14. The number of aromatic nitrogens is 2. The van der Waals surface area contributed by atoms with E-state index in [1.54, 1.807) is 6.07 Å². The van der Waals surface area contributed by atoms with Gasteiger partial charge in [0.1, 0.15) is 22.2 Å². The smallest absolute Gasteiger partial charge is 0.269 e. The molecule has 0 N–H and O–H groups in total. The number of hydrogen-bond acceptors (Lipinski definition) is 3. The van der Waals surface area contributed by atoms with Gasteiger partial charge in [0.25, 0.3) is 11.1 Å². The number of furan rings is 1. The van der Waals surface area contributed by atoms with E-state index in [1.807, 2.05) is 98.8 Å². The van der Waals surface area contributed by atoms with Crippen LogP contribution in [-0.4, -0.2) is 9.13 Å². The molecular weight excluding hydrogens is 436 g/mol. The van der Waals surface area contributed by atoms with Gasteiger partial charge in [0.2, 0.25) is 0 Å². The third-order valence-electron chi connectivity index (χ3n) is 6.05. The van der Waals surface area contributed by atoms with Crippen molar-refractivity contribution in [2.45, 2.75) is 13.8 Å². The second-order valence-electron chi connectivity index (χ2n) is 8.40. The average Bonchev–Trinajstić information content (AvgIpc) is 3.31. The van der Waals surface area contributed by atoms with E-state index in [4.69, 9.17) is 4.42 Å². The summed E-state index contributed by atoms with van der Waals surface area (Å²) in [4.78, 5) is 27.2. The molecule has 0 spiro atoms. The van der Waals surface area contributed by atoms with E-state index in [1.165, 1.54) is 15.2 Å². The highest BCUT2D eigenvalue weighted by atomic mass is 16.3. The number of rotatable bonds is 4. The summed E-state index contributed by atoms with van der Waals surface area (Å²) in [5.41, 5.74) is 3.78. The Morgan fingerprint density at radius 3 is 1.71 bits per heavy atom. The summed E-state index contributed by atoms with van der Waals surface area (Å²) in [6, 6.07) is 28.0. The highest BCUT2D eigenvalue weighted by molar-refractivity contribution is 5.67. The molecule has 5 aromatic rings. The maximum Gasteiger partial charge on any atom is 0.269 e. The molecule has 0 unspecified atom stereocenters. The van der Waals surface area contributed by atoms with Crippen molar-refractivity contribution >= 4 is 12.7 Å². The fourth-order valence-electron chi connectivity index (χ4n) is 4.39. The van der Waals surface area contributed by atoms with Crippen molar-refractivity contribution in [3.05, 3.63) is 139 Å². The maximum atomic E-state index is 13.6. The van der Waals surface area contributed by atoms with Crippen molar-refractivity contribution in [1.29, 1.82) is 0 Å². The Labute approximate surface area is 202 Å². The lowest BCUT2D eigenvalue weighted by Gasteiger charge is -2.13. The molecule has 2 heterocycles. The van der Waals surface area contributed by atoms with Gasteiger partial charge in [0.15, 0.2) is 0 Å².